The third kappa shape index (κ3) is 5.32. The molecule has 0 bridgehead atoms. The standard InChI is InChI=1S/C27H30N6O4S/c1-27(2,3)31-25(35)22(17-13-30-18-11-7-6-10-16(17)18)33(14-15-9-5-8-12-19(15)37-4)26(36)23-20(28)21(24(29)34)32-38-23/h5-13,22,30H,14,28H2,1-4H3,(H2,29,34)(H,31,35)/t22-/m1/s1. The average molecular weight is 535 g/mol. The topological polar surface area (TPSA) is 156 Å². The molecular formula is C27H30N6O4S. The highest BCUT2D eigenvalue weighted by Gasteiger charge is 2.37. The Morgan fingerprint density at radius 2 is 1.82 bits per heavy atom. The molecule has 4 aromatic rings. The zero-order valence-corrected chi connectivity index (χ0v) is 22.4. The number of carbonyl (C=O) groups is 3. The van der Waals surface area contributed by atoms with Crippen LogP contribution in [-0.4, -0.2) is 44.6 Å². The number of fused-ring (bicyclic) bond motifs is 1. The van der Waals surface area contributed by atoms with Gasteiger partial charge in [0.2, 0.25) is 5.91 Å². The van der Waals surface area contributed by atoms with E-state index in [1.807, 2.05) is 63.2 Å². The lowest BCUT2D eigenvalue weighted by Gasteiger charge is -2.33. The van der Waals surface area contributed by atoms with Gasteiger partial charge in [0.05, 0.1) is 19.3 Å². The van der Waals surface area contributed by atoms with Crippen LogP contribution in [0, 0.1) is 0 Å². The molecule has 6 N–H and O–H groups in total. The molecule has 1 atom stereocenters. The van der Waals surface area contributed by atoms with E-state index < -0.39 is 23.4 Å². The van der Waals surface area contributed by atoms with Crippen molar-refractivity contribution in [3.63, 3.8) is 0 Å². The van der Waals surface area contributed by atoms with Crippen molar-refractivity contribution >= 4 is 45.8 Å². The van der Waals surface area contributed by atoms with Crippen LogP contribution in [-0.2, 0) is 11.3 Å². The minimum Gasteiger partial charge on any atom is -0.496 e. The number of nitrogens with zero attached hydrogens (tertiary/aromatic N) is 2. The highest BCUT2D eigenvalue weighted by Crippen LogP contribution is 2.35. The van der Waals surface area contributed by atoms with Crippen molar-refractivity contribution in [3.05, 3.63) is 76.4 Å². The SMILES string of the molecule is COc1ccccc1CN(C(=O)c1snc(C(N)=O)c1N)[C@@H](C(=O)NC(C)(C)C)c1c[nH]c2ccccc12. The van der Waals surface area contributed by atoms with Crippen LogP contribution >= 0.6 is 11.5 Å². The quantitative estimate of drug-likeness (QED) is 0.270. The van der Waals surface area contributed by atoms with Gasteiger partial charge in [-0.25, -0.2) is 0 Å². The molecule has 0 aliphatic carbocycles. The van der Waals surface area contributed by atoms with Gasteiger partial charge >= 0.3 is 0 Å². The zero-order valence-electron chi connectivity index (χ0n) is 21.6. The first-order valence-corrected chi connectivity index (χ1v) is 12.6. The first-order valence-electron chi connectivity index (χ1n) is 11.9. The molecule has 11 heteroatoms. The van der Waals surface area contributed by atoms with E-state index in [2.05, 4.69) is 14.7 Å². The number of nitrogens with one attached hydrogen (secondary N) is 2. The summed E-state index contributed by atoms with van der Waals surface area (Å²) in [5, 5.41) is 3.80. The maximum atomic E-state index is 14.2. The summed E-state index contributed by atoms with van der Waals surface area (Å²) in [6.45, 7) is 5.60. The number of hydrogen-bond acceptors (Lipinski definition) is 7. The third-order valence-corrected chi connectivity index (χ3v) is 6.77. The molecule has 0 aliphatic heterocycles. The molecule has 0 saturated heterocycles. The molecule has 0 unspecified atom stereocenters. The second-order valence-electron chi connectivity index (χ2n) is 9.81. The van der Waals surface area contributed by atoms with Crippen LogP contribution in [0.25, 0.3) is 10.9 Å². The minimum absolute atomic E-state index is 0.00777. The van der Waals surface area contributed by atoms with E-state index >= 15 is 0 Å². The Balaban J connectivity index is 1.92. The second-order valence-corrected chi connectivity index (χ2v) is 10.6. The maximum absolute atomic E-state index is 14.2. The van der Waals surface area contributed by atoms with Crippen LogP contribution in [0.5, 0.6) is 5.75 Å². The van der Waals surface area contributed by atoms with E-state index in [0.29, 0.717) is 16.9 Å². The van der Waals surface area contributed by atoms with E-state index in [1.54, 1.807) is 12.3 Å². The fourth-order valence-corrected chi connectivity index (χ4v) is 5.03. The predicted octanol–water partition coefficient (Wildman–Crippen LogP) is 3.61. The van der Waals surface area contributed by atoms with Crippen molar-refractivity contribution in [2.45, 2.75) is 38.9 Å². The summed E-state index contributed by atoms with van der Waals surface area (Å²) >= 11 is 0.767. The number of aromatic nitrogens is 2. The molecule has 3 amide bonds. The van der Waals surface area contributed by atoms with Gasteiger partial charge in [0, 0.05) is 33.8 Å². The summed E-state index contributed by atoms with van der Waals surface area (Å²) < 4.78 is 9.53. The number of methoxy groups -OCH3 is 1. The summed E-state index contributed by atoms with van der Waals surface area (Å²) in [5.74, 6) is -1.25. The number of carbonyl (C=O) groups excluding carboxylic acids is 3. The molecule has 0 aliphatic rings. The number of para-hydroxylation sites is 2. The first-order chi connectivity index (χ1) is 18.0. The van der Waals surface area contributed by atoms with Crippen LogP contribution in [0.2, 0.25) is 0 Å². The number of H-pyrrole nitrogens is 1. The molecule has 198 valence electrons. The molecule has 10 nitrogen and oxygen atoms in total. The van der Waals surface area contributed by atoms with Gasteiger partial charge in [-0.1, -0.05) is 36.4 Å². The lowest BCUT2D eigenvalue weighted by atomic mass is 9.99. The van der Waals surface area contributed by atoms with Crippen molar-refractivity contribution in [2.24, 2.45) is 5.73 Å². The molecule has 0 fully saturated rings. The molecular weight excluding hydrogens is 504 g/mol. The summed E-state index contributed by atoms with van der Waals surface area (Å²) in [4.78, 5) is 44.6. The number of hydrogen-bond donors (Lipinski definition) is 4. The normalized spacial score (nSPS) is 12.2. The van der Waals surface area contributed by atoms with Crippen molar-refractivity contribution in [2.75, 3.05) is 12.8 Å². The smallest absolute Gasteiger partial charge is 0.270 e. The Kier molecular flexibility index (Phi) is 7.40. The molecule has 2 heterocycles. The largest absolute Gasteiger partial charge is 0.496 e. The van der Waals surface area contributed by atoms with Gasteiger partial charge in [0.15, 0.2) is 5.69 Å². The Morgan fingerprint density at radius 3 is 2.47 bits per heavy atom. The fourth-order valence-electron chi connectivity index (χ4n) is 4.27. The second kappa shape index (κ2) is 10.5. The predicted molar refractivity (Wildman–Crippen MR) is 147 cm³/mol. The van der Waals surface area contributed by atoms with Crippen molar-refractivity contribution in [1.29, 1.82) is 0 Å². The molecule has 2 aromatic heterocycles. The number of amides is 3. The zero-order chi connectivity index (χ0) is 27.6. The van der Waals surface area contributed by atoms with Gasteiger partial charge in [0.25, 0.3) is 11.8 Å². The van der Waals surface area contributed by atoms with Crippen LogP contribution in [0.4, 0.5) is 5.69 Å². The lowest BCUT2D eigenvalue weighted by molar-refractivity contribution is -0.127. The minimum atomic E-state index is -1.07. The van der Waals surface area contributed by atoms with Crippen molar-refractivity contribution in [3.8, 4) is 5.75 Å². The number of benzene rings is 2. The number of rotatable bonds is 8. The average Bonchev–Trinajstić information content (AvgIpc) is 3.46. The highest BCUT2D eigenvalue weighted by atomic mass is 32.1. The van der Waals surface area contributed by atoms with E-state index in [1.165, 1.54) is 12.0 Å². The first kappa shape index (κ1) is 26.7. The van der Waals surface area contributed by atoms with Gasteiger partial charge in [-0.2, -0.15) is 4.37 Å². The van der Waals surface area contributed by atoms with Crippen LogP contribution in [0.1, 0.15) is 58.1 Å². The van der Waals surface area contributed by atoms with Gasteiger partial charge in [0.1, 0.15) is 16.7 Å². The van der Waals surface area contributed by atoms with Crippen molar-refractivity contribution < 1.29 is 19.1 Å². The Hall–Kier alpha value is -4.38. The molecule has 0 spiro atoms. The number of primary amides is 1. The summed E-state index contributed by atoms with van der Waals surface area (Å²) in [6, 6.07) is 13.7. The lowest BCUT2D eigenvalue weighted by Crippen LogP contribution is -2.49. The van der Waals surface area contributed by atoms with E-state index in [4.69, 9.17) is 16.2 Å². The molecule has 38 heavy (non-hydrogen) atoms. The van der Waals surface area contributed by atoms with Crippen LogP contribution < -0.4 is 21.5 Å². The Bertz CT molecular complexity index is 1500. The third-order valence-electron chi connectivity index (χ3n) is 5.92. The Morgan fingerprint density at radius 1 is 1.13 bits per heavy atom. The maximum Gasteiger partial charge on any atom is 0.270 e. The van der Waals surface area contributed by atoms with Gasteiger partial charge in [-0.15, -0.1) is 0 Å². The summed E-state index contributed by atoms with van der Waals surface area (Å²) in [6.07, 6.45) is 1.73. The van der Waals surface area contributed by atoms with E-state index in [-0.39, 0.29) is 28.7 Å². The summed E-state index contributed by atoms with van der Waals surface area (Å²) in [7, 11) is 1.54. The number of nitrogen functional groups attached to an aromatic ring is 1. The molecule has 4 rings (SSSR count). The fraction of sp³-hybridized carbons (Fsp3) is 0.259. The number of aromatic amines is 1. The van der Waals surface area contributed by atoms with Crippen LogP contribution in [0.15, 0.2) is 54.7 Å². The van der Waals surface area contributed by atoms with Gasteiger partial charge < -0.3 is 31.4 Å². The molecule has 2 aromatic carbocycles. The Labute approximate surface area is 224 Å². The van der Waals surface area contributed by atoms with Crippen molar-refractivity contribution in [1.82, 2.24) is 19.6 Å². The number of ether oxygens (including phenoxy) is 1. The monoisotopic (exact) mass is 534 g/mol. The molecule has 0 radical (unpaired) electrons. The van der Waals surface area contributed by atoms with Gasteiger partial charge in [-0.05, 0) is 44.4 Å². The number of anilines is 1. The summed E-state index contributed by atoms with van der Waals surface area (Å²) in [5.41, 5.74) is 12.8. The van der Waals surface area contributed by atoms with Gasteiger partial charge in [-0.3, -0.25) is 14.4 Å². The number of nitrogens with two attached hydrogens (primary N) is 2. The van der Waals surface area contributed by atoms with E-state index in [0.717, 1.165) is 22.4 Å². The van der Waals surface area contributed by atoms with E-state index in [9.17, 15) is 14.4 Å². The molecule has 0 saturated carbocycles. The highest BCUT2D eigenvalue weighted by molar-refractivity contribution is 7.09. The van der Waals surface area contributed by atoms with Crippen LogP contribution in [0.3, 0.4) is 0 Å².